The van der Waals surface area contributed by atoms with Gasteiger partial charge in [0, 0.05) is 29.7 Å². The zero-order valence-electron chi connectivity index (χ0n) is 13.4. The van der Waals surface area contributed by atoms with E-state index in [-0.39, 0.29) is 17.0 Å². The number of non-ortho nitro benzene ring substituents is 1. The quantitative estimate of drug-likeness (QED) is 0.438. The third-order valence-corrected chi connectivity index (χ3v) is 3.50. The topological polar surface area (TPSA) is 63.5 Å². The number of benzene rings is 1. The van der Waals surface area contributed by atoms with Crippen LogP contribution >= 0.6 is 15.9 Å². The van der Waals surface area contributed by atoms with Crippen LogP contribution < -0.4 is 0 Å². The fourth-order valence-corrected chi connectivity index (χ4v) is 2.48. The SMILES string of the molecule is C=C(C)CN(CC(C)(C)C)C(=O)c1cc([N+](=O)[O-])ccc1Br. The summed E-state index contributed by atoms with van der Waals surface area (Å²) < 4.78 is 0.545. The molecule has 6 heteroatoms. The molecule has 1 aromatic carbocycles. The highest BCUT2D eigenvalue weighted by molar-refractivity contribution is 9.10. The Bertz CT molecular complexity index is 606. The van der Waals surface area contributed by atoms with E-state index in [4.69, 9.17) is 0 Å². The van der Waals surface area contributed by atoms with Gasteiger partial charge in [0.25, 0.3) is 11.6 Å². The Kier molecular flexibility index (Phi) is 5.88. The lowest BCUT2D eigenvalue weighted by Gasteiger charge is -2.30. The number of carbonyl (C=O) groups is 1. The molecule has 0 N–H and O–H groups in total. The number of nitrogens with zero attached hydrogens (tertiary/aromatic N) is 2. The fourth-order valence-electron chi connectivity index (χ4n) is 2.06. The monoisotopic (exact) mass is 368 g/mol. The van der Waals surface area contributed by atoms with Crippen molar-refractivity contribution in [3.8, 4) is 0 Å². The second-order valence-electron chi connectivity index (χ2n) is 6.60. The second-order valence-corrected chi connectivity index (χ2v) is 7.45. The summed E-state index contributed by atoms with van der Waals surface area (Å²) in [5.74, 6) is -0.242. The van der Waals surface area contributed by atoms with Gasteiger partial charge in [0.2, 0.25) is 0 Å². The van der Waals surface area contributed by atoms with E-state index in [1.165, 1.54) is 18.2 Å². The molecule has 0 heterocycles. The van der Waals surface area contributed by atoms with E-state index in [0.717, 1.165) is 5.57 Å². The molecule has 120 valence electrons. The zero-order chi connectivity index (χ0) is 17.1. The highest BCUT2D eigenvalue weighted by Crippen LogP contribution is 2.25. The Balaban J connectivity index is 3.20. The van der Waals surface area contributed by atoms with Crippen LogP contribution in [0, 0.1) is 15.5 Å². The second kappa shape index (κ2) is 7.05. The predicted molar refractivity (Wildman–Crippen MR) is 91.0 cm³/mol. The first-order chi connectivity index (χ1) is 10.0. The van der Waals surface area contributed by atoms with Crippen LogP contribution in [-0.2, 0) is 0 Å². The summed E-state index contributed by atoms with van der Waals surface area (Å²) in [7, 11) is 0. The van der Waals surface area contributed by atoms with Gasteiger partial charge in [0.15, 0.2) is 0 Å². The molecular weight excluding hydrogens is 348 g/mol. The average molecular weight is 369 g/mol. The summed E-state index contributed by atoms with van der Waals surface area (Å²) in [6.45, 7) is 12.8. The maximum Gasteiger partial charge on any atom is 0.270 e. The van der Waals surface area contributed by atoms with Gasteiger partial charge >= 0.3 is 0 Å². The Hall–Kier alpha value is -1.69. The van der Waals surface area contributed by atoms with E-state index in [1.807, 2.05) is 27.7 Å². The smallest absolute Gasteiger partial charge is 0.270 e. The van der Waals surface area contributed by atoms with Crippen molar-refractivity contribution in [2.75, 3.05) is 13.1 Å². The van der Waals surface area contributed by atoms with Crippen LogP contribution in [0.25, 0.3) is 0 Å². The minimum atomic E-state index is -0.504. The van der Waals surface area contributed by atoms with E-state index >= 15 is 0 Å². The van der Waals surface area contributed by atoms with Gasteiger partial charge in [-0.3, -0.25) is 14.9 Å². The first-order valence-corrected chi connectivity index (χ1v) is 7.68. The Morgan fingerprint density at radius 2 is 2.00 bits per heavy atom. The molecule has 0 aliphatic carbocycles. The Morgan fingerprint density at radius 3 is 2.45 bits per heavy atom. The number of amides is 1. The van der Waals surface area contributed by atoms with Crippen LogP contribution in [-0.4, -0.2) is 28.8 Å². The first kappa shape index (κ1) is 18.4. The zero-order valence-corrected chi connectivity index (χ0v) is 14.9. The molecule has 0 unspecified atom stereocenters. The molecule has 1 rings (SSSR count). The molecule has 0 radical (unpaired) electrons. The maximum atomic E-state index is 12.8. The van der Waals surface area contributed by atoms with Gasteiger partial charge in [-0.25, -0.2) is 0 Å². The van der Waals surface area contributed by atoms with Crippen LogP contribution in [0.2, 0.25) is 0 Å². The molecule has 0 saturated heterocycles. The Labute approximate surface area is 139 Å². The lowest BCUT2D eigenvalue weighted by Crippen LogP contribution is -2.39. The van der Waals surface area contributed by atoms with E-state index in [9.17, 15) is 14.9 Å². The molecule has 1 amide bonds. The maximum absolute atomic E-state index is 12.8. The summed E-state index contributed by atoms with van der Waals surface area (Å²) in [6, 6.07) is 4.20. The van der Waals surface area contributed by atoms with Gasteiger partial charge in [-0.05, 0) is 34.3 Å². The van der Waals surface area contributed by atoms with Crippen LogP contribution in [0.3, 0.4) is 0 Å². The van der Waals surface area contributed by atoms with Crippen LogP contribution in [0.1, 0.15) is 38.1 Å². The predicted octanol–water partition coefficient (Wildman–Crippen LogP) is 4.42. The van der Waals surface area contributed by atoms with Crippen LogP contribution in [0.4, 0.5) is 5.69 Å². The minimum Gasteiger partial charge on any atom is -0.334 e. The number of nitro groups is 1. The number of rotatable bonds is 5. The number of halogens is 1. The molecule has 5 nitrogen and oxygen atoms in total. The van der Waals surface area contributed by atoms with Crippen LogP contribution in [0.5, 0.6) is 0 Å². The molecule has 0 bridgehead atoms. The lowest BCUT2D eigenvalue weighted by atomic mass is 9.95. The third kappa shape index (κ3) is 5.26. The van der Waals surface area contributed by atoms with Crippen LogP contribution in [0.15, 0.2) is 34.8 Å². The van der Waals surface area contributed by atoms with Crippen molar-refractivity contribution >= 4 is 27.5 Å². The van der Waals surface area contributed by atoms with E-state index in [0.29, 0.717) is 23.1 Å². The third-order valence-electron chi connectivity index (χ3n) is 2.80. The van der Waals surface area contributed by atoms with Crippen molar-refractivity contribution in [2.45, 2.75) is 27.7 Å². The van der Waals surface area contributed by atoms with Gasteiger partial charge in [-0.1, -0.05) is 32.9 Å². The number of hydrogen-bond acceptors (Lipinski definition) is 3. The molecule has 0 aliphatic heterocycles. The van der Waals surface area contributed by atoms with Gasteiger partial charge < -0.3 is 4.90 Å². The average Bonchev–Trinajstić information content (AvgIpc) is 2.35. The largest absolute Gasteiger partial charge is 0.334 e. The van der Waals surface area contributed by atoms with E-state index in [1.54, 1.807) is 4.90 Å². The Morgan fingerprint density at radius 1 is 1.41 bits per heavy atom. The summed E-state index contributed by atoms with van der Waals surface area (Å²) in [5.41, 5.74) is 0.967. The molecule has 0 fully saturated rings. The normalized spacial score (nSPS) is 11.1. The summed E-state index contributed by atoms with van der Waals surface area (Å²) in [5, 5.41) is 10.9. The minimum absolute atomic E-state index is 0.0850. The standard InChI is InChI=1S/C16H21BrN2O3/c1-11(2)9-18(10-16(3,4)5)15(20)13-8-12(19(21)22)6-7-14(13)17/h6-8H,1,9-10H2,2-5H3. The van der Waals surface area contributed by atoms with Crippen molar-refractivity contribution < 1.29 is 9.72 Å². The molecule has 0 spiro atoms. The first-order valence-electron chi connectivity index (χ1n) is 6.89. The molecule has 0 saturated carbocycles. The van der Waals surface area contributed by atoms with Gasteiger partial charge in [0.1, 0.15) is 0 Å². The molecule has 22 heavy (non-hydrogen) atoms. The highest BCUT2D eigenvalue weighted by atomic mass is 79.9. The van der Waals surface area contributed by atoms with E-state index < -0.39 is 4.92 Å². The van der Waals surface area contributed by atoms with Crippen molar-refractivity contribution in [1.82, 2.24) is 4.90 Å². The molecule has 0 aromatic heterocycles. The molecular formula is C16H21BrN2O3. The molecule has 1 aromatic rings. The van der Waals surface area contributed by atoms with Crippen molar-refractivity contribution in [3.63, 3.8) is 0 Å². The number of nitro benzene ring substituents is 1. The summed E-state index contributed by atoms with van der Waals surface area (Å²) in [4.78, 5) is 24.9. The van der Waals surface area contributed by atoms with Gasteiger partial charge in [0.05, 0.1) is 10.5 Å². The van der Waals surface area contributed by atoms with Crippen molar-refractivity contribution in [2.24, 2.45) is 5.41 Å². The van der Waals surface area contributed by atoms with Gasteiger partial charge in [-0.15, -0.1) is 0 Å². The summed E-state index contributed by atoms with van der Waals surface area (Å²) >= 11 is 3.30. The van der Waals surface area contributed by atoms with Crippen molar-refractivity contribution in [3.05, 3.63) is 50.5 Å². The summed E-state index contributed by atoms with van der Waals surface area (Å²) in [6.07, 6.45) is 0. The lowest BCUT2D eigenvalue weighted by molar-refractivity contribution is -0.384. The molecule has 0 aliphatic rings. The van der Waals surface area contributed by atoms with Crippen molar-refractivity contribution in [1.29, 1.82) is 0 Å². The number of carbonyl (C=O) groups excluding carboxylic acids is 1. The highest BCUT2D eigenvalue weighted by Gasteiger charge is 2.25. The van der Waals surface area contributed by atoms with Gasteiger partial charge in [-0.2, -0.15) is 0 Å². The fraction of sp³-hybridized carbons (Fsp3) is 0.438. The number of hydrogen-bond donors (Lipinski definition) is 0. The molecule has 0 atom stereocenters. The van der Waals surface area contributed by atoms with E-state index in [2.05, 4.69) is 22.5 Å².